The van der Waals surface area contributed by atoms with Gasteiger partial charge in [0.15, 0.2) is 5.96 Å². The molecule has 0 aliphatic heterocycles. The summed E-state index contributed by atoms with van der Waals surface area (Å²) in [6.45, 7) is 4.22. The van der Waals surface area contributed by atoms with Gasteiger partial charge in [-0.1, -0.05) is 47.5 Å². The van der Waals surface area contributed by atoms with Crippen LogP contribution in [0.25, 0.3) is 0 Å². The summed E-state index contributed by atoms with van der Waals surface area (Å²) in [4.78, 5) is 18.1. The van der Waals surface area contributed by atoms with Crippen molar-refractivity contribution in [3.8, 4) is 0 Å². The molecule has 0 saturated carbocycles. The van der Waals surface area contributed by atoms with Crippen molar-refractivity contribution < 1.29 is 4.79 Å². The number of unbranched alkanes of at least 4 members (excludes halogenated alkanes) is 1. The van der Waals surface area contributed by atoms with E-state index in [-0.39, 0.29) is 5.91 Å². The maximum absolute atomic E-state index is 12.2. The zero-order valence-corrected chi connectivity index (χ0v) is 15.8. The molecule has 1 aromatic rings. The normalized spacial score (nSPS) is 11.2. The van der Waals surface area contributed by atoms with Crippen LogP contribution in [0.4, 0.5) is 0 Å². The van der Waals surface area contributed by atoms with Crippen molar-refractivity contribution in [2.24, 2.45) is 4.99 Å². The molecule has 1 aromatic carbocycles. The molecule has 6 heteroatoms. The van der Waals surface area contributed by atoms with E-state index in [9.17, 15) is 4.79 Å². The molecular formula is C17H27BrN4O. The molecule has 2 N–H and O–H groups in total. The van der Waals surface area contributed by atoms with E-state index in [0.29, 0.717) is 19.5 Å². The summed E-state index contributed by atoms with van der Waals surface area (Å²) in [5.74, 6) is 0.858. The predicted molar refractivity (Wildman–Crippen MR) is 99.5 cm³/mol. The highest BCUT2D eigenvalue weighted by atomic mass is 79.9. The Balaban J connectivity index is 2.34. The van der Waals surface area contributed by atoms with Gasteiger partial charge in [0, 0.05) is 44.6 Å². The number of benzene rings is 1. The third kappa shape index (κ3) is 7.50. The van der Waals surface area contributed by atoms with E-state index in [2.05, 4.69) is 38.5 Å². The Morgan fingerprint density at radius 3 is 2.61 bits per heavy atom. The number of nitrogens with zero attached hydrogens (tertiary/aromatic N) is 2. The number of aliphatic imine (C=N–C) groups is 1. The summed E-state index contributed by atoms with van der Waals surface area (Å²) < 4.78 is 1.03. The number of carbonyl (C=O) groups is 1. The third-order valence-corrected chi connectivity index (χ3v) is 4.24. The smallest absolute Gasteiger partial charge is 0.224 e. The molecule has 128 valence electrons. The van der Waals surface area contributed by atoms with Gasteiger partial charge < -0.3 is 15.5 Å². The van der Waals surface area contributed by atoms with Gasteiger partial charge in [0.1, 0.15) is 0 Å². The molecule has 0 spiro atoms. The minimum Gasteiger partial charge on any atom is -0.356 e. The van der Waals surface area contributed by atoms with Crippen LogP contribution >= 0.6 is 15.9 Å². The van der Waals surface area contributed by atoms with Crippen molar-refractivity contribution >= 4 is 27.8 Å². The van der Waals surface area contributed by atoms with Gasteiger partial charge in [-0.25, -0.2) is 0 Å². The number of hydrogen-bond acceptors (Lipinski definition) is 2. The highest BCUT2D eigenvalue weighted by Crippen LogP contribution is 2.17. The minimum atomic E-state index is 0.109. The molecule has 0 fully saturated rings. The minimum absolute atomic E-state index is 0.109. The standard InChI is InChI=1S/C17H27BrN4O/c1-4-5-11-20-17(19-2)21-12-10-16(23)22(3)13-14-8-6-7-9-15(14)18/h6-9H,4-5,10-13H2,1-3H3,(H2,19,20,21). The number of rotatable bonds is 8. The van der Waals surface area contributed by atoms with Crippen molar-refractivity contribution in [2.75, 3.05) is 27.2 Å². The highest BCUT2D eigenvalue weighted by Gasteiger charge is 2.10. The largest absolute Gasteiger partial charge is 0.356 e. The molecule has 0 unspecified atom stereocenters. The van der Waals surface area contributed by atoms with E-state index >= 15 is 0 Å². The number of halogens is 1. The summed E-state index contributed by atoms with van der Waals surface area (Å²) >= 11 is 3.51. The van der Waals surface area contributed by atoms with Crippen LogP contribution in [0.15, 0.2) is 33.7 Å². The van der Waals surface area contributed by atoms with Crippen LogP contribution < -0.4 is 10.6 Å². The van der Waals surface area contributed by atoms with Crippen molar-refractivity contribution in [3.05, 3.63) is 34.3 Å². The summed E-state index contributed by atoms with van der Waals surface area (Å²) in [6.07, 6.45) is 2.69. The maximum Gasteiger partial charge on any atom is 0.224 e. The lowest BCUT2D eigenvalue weighted by Gasteiger charge is -2.19. The van der Waals surface area contributed by atoms with Crippen molar-refractivity contribution in [1.29, 1.82) is 0 Å². The summed E-state index contributed by atoms with van der Waals surface area (Å²) in [7, 11) is 3.57. The molecule has 0 bridgehead atoms. The van der Waals surface area contributed by atoms with Gasteiger partial charge in [0.2, 0.25) is 5.91 Å². The quantitative estimate of drug-likeness (QED) is 0.412. The number of carbonyl (C=O) groups excluding carboxylic acids is 1. The van der Waals surface area contributed by atoms with Crippen LogP contribution in [0, 0.1) is 0 Å². The van der Waals surface area contributed by atoms with Gasteiger partial charge in [-0.15, -0.1) is 0 Å². The monoisotopic (exact) mass is 382 g/mol. The molecule has 0 aliphatic rings. The Morgan fingerprint density at radius 1 is 1.26 bits per heavy atom. The van der Waals surface area contributed by atoms with Crippen LogP contribution in [0.5, 0.6) is 0 Å². The first kappa shape index (κ1) is 19.5. The lowest BCUT2D eigenvalue weighted by Crippen LogP contribution is -2.39. The molecule has 0 heterocycles. The topological polar surface area (TPSA) is 56.7 Å². The molecule has 0 aromatic heterocycles. The Bertz CT molecular complexity index is 519. The fourth-order valence-corrected chi connectivity index (χ4v) is 2.46. The lowest BCUT2D eigenvalue weighted by molar-refractivity contribution is -0.130. The van der Waals surface area contributed by atoms with Crippen LogP contribution in [0.1, 0.15) is 31.7 Å². The zero-order valence-electron chi connectivity index (χ0n) is 14.2. The second-order valence-corrected chi connectivity index (χ2v) is 6.22. The summed E-state index contributed by atoms with van der Waals surface area (Å²) in [5, 5.41) is 6.40. The van der Waals surface area contributed by atoms with Gasteiger partial charge in [-0.3, -0.25) is 9.79 Å². The van der Waals surface area contributed by atoms with E-state index < -0.39 is 0 Å². The van der Waals surface area contributed by atoms with E-state index in [0.717, 1.165) is 35.4 Å². The number of guanidine groups is 1. The second kappa shape index (κ2) is 11.0. The van der Waals surface area contributed by atoms with E-state index in [1.165, 1.54) is 0 Å². The van der Waals surface area contributed by atoms with Gasteiger partial charge in [-0.05, 0) is 18.1 Å². The van der Waals surface area contributed by atoms with Crippen molar-refractivity contribution in [2.45, 2.75) is 32.7 Å². The highest BCUT2D eigenvalue weighted by molar-refractivity contribution is 9.10. The van der Waals surface area contributed by atoms with E-state index in [1.807, 2.05) is 31.3 Å². The zero-order chi connectivity index (χ0) is 17.1. The molecule has 23 heavy (non-hydrogen) atoms. The average molecular weight is 383 g/mol. The second-order valence-electron chi connectivity index (χ2n) is 5.37. The Hall–Kier alpha value is -1.56. The van der Waals surface area contributed by atoms with Crippen LogP contribution in [-0.2, 0) is 11.3 Å². The Morgan fingerprint density at radius 2 is 1.96 bits per heavy atom. The average Bonchev–Trinajstić information content (AvgIpc) is 2.55. The molecule has 1 amide bonds. The number of hydrogen-bond donors (Lipinski definition) is 2. The fourth-order valence-electron chi connectivity index (χ4n) is 2.05. The lowest BCUT2D eigenvalue weighted by atomic mass is 10.2. The Labute approximate surface area is 147 Å². The first-order valence-corrected chi connectivity index (χ1v) is 8.79. The van der Waals surface area contributed by atoms with Gasteiger partial charge in [-0.2, -0.15) is 0 Å². The van der Waals surface area contributed by atoms with Gasteiger partial charge in [0.05, 0.1) is 0 Å². The molecule has 0 atom stereocenters. The maximum atomic E-state index is 12.2. The molecular weight excluding hydrogens is 356 g/mol. The summed E-state index contributed by atoms with van der Waals surface area (Å²) in [6, 6.07) is 7.95. The first-order chi connectivity index (χ1) is 11.1. The third-order valence-electron chi connectivity index (χ3n) is 3.47. The van der Waals surface area contributed by atoms with Gasteiger partial charge >= 0.3 is 0 Å². The summed E-state index contributed by atoms with van der Waals surface area (Å²) in [5.41, 5.74) is 1.10. The predicted octanol–water partition coefficient (Wildman–Crippen LogP) is 2.76. The van der Waals surface area contributed by atoms with Crippen molar-refractivity contribution in [3.63, 3.8) is 0 Å². The SMILES string of the molecule is CCCCNC(=NC)NCCC(=O)N(C)Cc1ccccc1Br. The van der Waals surface area contributed by atoms with Crippen LogP contribution in [0.3, 0.4) is 0 Å². The molecule has 0 radical (unpaired) electrons. The fraction of sp³-hybridized carbons (Fsp3) is 0.529. The van der Waals surface area contributed by atoms with E-state index in [4.69, 9.17) is 0 Å². The van der Waals surface area contributed by atoms with E-state index in [1.54, 1.807) is 11.9 Å². The van der Waals surface area contributed by atoms with Crippen LogP contribution in [0.2, 0.25) is 0 Å². The van der Waals surface area contributed by atoms with Crippen LogP contribution in [-0.4, -0.2) is 44.0 Å². The van der Waals surface area contributed by atoms with Gasteiger partial charge in [0.25, 0.3) is 0 Å². The molecule has 0 saturated heterocycles. The molecule has 5 nitrogen and oxygen atoms in total. The first-order valence-electron chi connectivity index (χ1n) is 8.00. The number of nitrogens with one attached hydrogen (secondary N) is 2. The number of amides is 1. The molecule has 1 rings (SSSR count). The molecule has 0 aliphatic carbocycles. The Kier molecular flexibility index (Phi) is 9.36. The van der Waals surface area contributed by atoms with Crippen molar-refractivity contribution in [1.82, 2.24) is 15.5 Å².